The zero-order valence-corrected chi connectivity index (χ0v) is 16.5. The van der Waals surface area contributed by atoms with Crippen LogP contribution in [0.15, 0.2) is 35.6 Å². The Hall–Kier alpha value is -2.90. The number of H-pyrrole nitrogens is 1. The number of hydrogen-bond acceptors (Lipinski definition) is 4. The van der Waals surface area contributed by atoms with E-state index in [1.54, 1.807) is 17.3 Å². The lowest BCUT2D eigenvalue weighted by atomic mass is 9.89. The number of rotatable bonds is 4. The first-order valence-electron chi connectivity index (χ1n) is 10.6. The van der Waals surface area contributed by atoms with E-state index in [2.05, 4.69) is 15.0 Å². The number of amides is 1. The standard InChI is InChI=1S/C21H26N6O2/c28-20(17-11-22-14-24-17)25-10-8-16(13-25)27-19-18(7-4-9-23-19)26(21(27)29)12-15-5-2-1-3-6-15/h4,7,9,11,14-16H,1-3,5-6,8,10,12-13H2,(H,22,24)/t16-/m1/s1. The summed E-state index contributed by atoms with van der Waals surface area (Å²) in [5, 5.41) is 0. The number of likely N-dealkylation sites (tertiary alicyclic amines) is 1. The summed E-state index contributed by atoms with van der Waals surface area (Å²) in [6, 6.07) is 3.83. The van der Waals surface area contributed by atoms with Crippen LogP contribution < -0.4 is 5.69 Å². The van der Waals surface area contributed by atoms with Crippen molar-refractivity contribution in [3.63, 3.8) is 0 Å². The molecule has 1 saturated carbocycles. The fraction of sp³-hybridized carbons (Fsp3) is 0.524. The molecule has 1 atom stereocenters. The van der Waals surface area contributed by atoms with E-state index in [1.165, 1.54) is 38.4 Å². The lowest BCUT2D eigenvalue weighted by Gasteiger charge is -2.21. The van der Waals surface area contributed by atoms with Crippen LogP contribution in [-0.4, -0.2) is 48.0 Å². The lowest BCUT2D eigenvalue weighted by molar-refractivity contribution is 0.0782. The molecule has 2 aliphatic rings. The molecule has 1 N–H and O–H groups in total. The Morgan fingerprint density at radius 3 is 2.86 bits per heavy atom. The van der Waals surface area contributed by atoms with Gasteiger partial charge in [0.15, 0.2) is 5.65 Å². The molecule has 1 amide bonds. The second-order valence-corrected chi connectivity index (χ2v) is 8.27. The Morgan fingerprint density at radius 1 is 1.21 bits per heavy atom. The number of aromatic amines is 1. The molecule has 0 aromatic carbocycles. The van der Waals surface area contributed by atoms with Crippen LogP contribution in [0.25, 0.3) is 11.2 Å². The SMILES string of the molecule is O=C(c1cnc[nH]1)N1CC[C@@H](n2c(=O)n(CC3CCCCC3)c3cccnc32)C1. The van der Waals surface area contributed by atoms with Crippen molar-refractivity contribution in [1.82, 2.24) is 29.0 Å². The molecule has 0 unspecified atom stereocenters. The number of hydrogen-bond donors (Lipinski definition) is 1. The van der Waals surface area contributed by atoms with E-state index in [4.69, 9.17) is 0 Å². The minimum atomic E-state index is -0.0723. The van der Waals surface area contributed by atoms with Crippen LogP contribution in [0.2, 0.25) is 0 Å². The number of carbonyl (C=O) groups excluding carboxylic acids is 1. The van der Waals surface area contributed by atoms with Gasteiger partial charge in [-0.1, -0.05) is 19.3 Å². The van der Waals surface area contributed by atoms with Crippen molar-refractivity contribution < 1.29 is 4.79 Å². The Kier molecular flexibility index (Phi) is 4.69. The molecule has 4 heterocycles. The van der Waals surface area contributed by atoms with Gasteiger partial charge in [-0.3, -0.25) is 13.9 Å². The van der Waals surface area contributed by atoms with Crippen LogP contribution in [0.1, 0.15) is 55.1 Å². The van der Waals surface area contributed by atoms with Gasteiger partial charge in [-0.05, 0) is 37.3 Å². The molecule has 1 saturated heterocycles. The molecule has 3 aromatic rings. The smallest absolute Gasteiger partial charge is 0.330 e. The normalized spacial score (nSPS) is 20.6. The van der Waals surface area contributed by atoms with E-state index in [0.29, 0.717) is 24.7 Å². The first kappa shape index (κ1) is 18.1. The van der Waals surface area contributed by atoms with Crippen molar-refractivity contribution in [3.05, 3.63) is 47.0 Å². The second kappa shape index (κ2) is 7.50. The van der Waals surface area contributed by atoms with Crippen LogP contribution >= 0.6 is 0 Å². The van der Waals surface area contributed by atoms with Crippen molar-refractivity contribution in [3.8, 4) is 0 Å². The zero-order valence-electron chi connectivity index (χ0n) is 16.5. The van der Waals surface area contributed by atoms with E-state index in [-0.39, 0.29) is 17.6 Å². The molecule has 1 aliphatic heterocycles. The van der Waals surface area contributed by atoms with Gasteiger partial charge in [-0.15, -0.1) is 0 Å². The summed E-state index contributed by atoms with van der Waals surface area (Å²) in [7, 11) is 0. The van der Waals surface area contributed by atoms with Crippen molar-refractivity contribution in [2.75, 3.05) is 13.1 Å². The number of aromatic nitrogens is 5. The van der Waals surface area contributed by atoms with E-state index < -0.39 is 0 Å². The summed E-state index contributed by atoms with van der Waals surface area (Å²) in [6.45, 7) is 1.89. The molecule has 2 fully saturated rings. The van der Waals surface area contributed by atoms with Gasteiger partial charge in [0.05, 0.1) is 24.1 Å². The Labute approximate surface area is 168 Å². The third-order valence-corrected chi connectivity index (χ3v) is 6.43. The molecule has 0 radical (unpaired) electrons. The molecule has 8 heteroatoms. The predicted molar refractivity (Wildman–Crippen MR) is 109 cm³/mol. The average Bonchev–Trinajstić information content (AvgIpc) is 3.49. The van der Waals surface area contributed by atoms with Gasteiger partial charge in [0, 0.05) is 25.8 Å². The molecule has 8 nitrogen and oxygen atoms in total. The largest absolute Gasteiger partial charge is 0.341 e. The summed E-state index contributed by atoms with van der Waals surface area (Å²) in [4.78, 5) is 39.2. The highest BCUT2D eigenvalue weighted by molar-refractivity contribution is 5.92. The van der Waals surface area contributed by atoms with E-state index in [1.807, 2.05) is 21.3 Å². The highest BCUT2D eigenvalue weighted by Gasteiger charge is 2.32. The fourth-order valence-corrected chi connectivity index (χ4v) is 4.92. The van der Waals surface area contributed by atoms with Crippen molar-refractivity contribution in [2.45, 2.75) is 51.1 Å². The van der Waals surface area contributed by atoms with E-state index >= 15 is 0 Å². The number of imidazole rings is 2. The summed E-state index contributed by atoms with van der Waals surface area (Å²) in [6.07, 6.45) is 11.7. The second-order valence-electron chi connectivity index (χ2n) is 8.27. The van der Waals surface area contributed by atoms with Crippen molar-refractivity contribution in [2.24, 2.45) is 5.92 Å². The third kappa shape index (κ3) is 3.26. The molecule has 152 valence electrons. The summed E-state index contributed by atoms with van der Waals surface area (Å²) in [5.41, 5.74) is 2.12. The maximum atomic E-state index is 13.4. The van der Waals surface area contributed by atoms with Crippen molar-refractivity contribution >= 4 is 17.1 Å². The fourth-order valence-electron chi connectivity index (χ4n) is 4.92. The van der Waals surface area contributed by atoms with E-state index in [0.717, 1.165) is 24.1 Å². The van der Waals surface area contributed by atoms with Crippen LogP contribution in [0.4, 0.5) is 0 Å². The number of carbonyl (C=O) groups is 1. The molecule has 5 rings (SSSR count). The van der Waals surface area contributed by atoms with Gasteiger partial charge in [0.1, 0.15) is 5.69 Å². The van der Waals surface area contributed by atoms with Crippen LogP contribution in [0.5, 0.6) is 0 Å². The topological polar surface area (TPSA) is 88.8 Å². The van der Waals surface area contributed by atoms with Gasteiger partial charge in [-0.25, -0.2) is 14.8 Å². The highest BCUT2D eigenvalue weighted by atomic mass is 16.2. The Balaban J connectivity index is 1.45. The predicted octanol–water partition coefficient (Wildman–Crippen LogP) is 2.59. The minimum absolute atomic E-state index is 0.00473. The van der Waals surface area contributed by atoms with Gasteiger partial charge < -0.3 is 9.88 Å². The quantitative estimate of drug-likeness (QED) is 0.737. The molecule has 0 bridgehead atoms. The first-order valence-corrected chi connectivity index (χ1v) is 10.6. The minimum Gasteiger partial charge on any atom is -0.341 e. The molecule has 29 heavy (non-hydrogen) atoms. The summed E-state index contributed by atoms with van der Waals surface area (Å²) >= 11 is 0. The molecule has 1 aliphatic carbocycles. The van der Waals surface area contributed by atoms with E-state index in [9.17, 15) is 9.59 Å². The monoisotopic (exact) mass is 394 g/mol. The third-order valence-electron chi connectivity index (χ3n) is 6.43. The van der Waals surface area contributed by atoms with Crippen molar-refractivity contribution in [1.29, 1.82) is 0 Å². The van der Waals surface area contributed by atoms with Crippen LogP contribution in [0.3, 0.4) is 0 Å². The molecule has 0 spiro atoms. The van der Waals surface area contributed by atoms with Crippen LogP contribution in [-0.2, 0) is 6.54 Å². The van der Waals surface area contributed by atoms with Gasteiger partial charge in [0.25, 0.3) is 5.91 Å². The maximum absolute atomic E-state index is 13.4. The zero-order chi connectivity index (χ0) is 19.8. The van der Waals surface area contributed by atoms with Gasteiger partial charge in [0.2, 0.25) is 0 Å². The molecular weight excluding hydrogens is 368 g/mol. The Morgan fingerprint density at radius 2 is 2.07 bits per heavy atom. The average molecular weight is 394 g/mol. The number of nitrogens with zero attached hydrogens (tertiary/aromatic N) is 5. The Bertz CT molecular complexity index is 1060. The molecule has 3 aromatic heterocycles. The number of nitrogens with one attached hydrogen (secondary N) is 1. The first-order chi connectivity index (χ1) is 14.2. The maximum Gasteiger partial charge on any atom is 0.330 e. The van der Waals surface area contributed by atoms with Crippen LogP contribution in [0, 0.1) is 5.92 Å². The number of pyridine rings is 1. The summed E-state index contributed by atoms with van der Waals surface area (Å²) in [5.74, 6) is 0.486. The summed E-state index contributed by atoms with van der Waals surface area (Å²) < 4.78 is 3.73. The molecular formula is C21H26N6O2. The van der Waals surface area contributed by atoms with Gasteiger partial charge >= 0.3 is 5.69 Å². The van der Waals surface area contributed by atoms with Gasteiger partial charge in [-0.2, -0.15) is 0 Å². The number of fused-ring (bicyclic) bond motifs is 1. The lowest BCUT2D eigenvalue weighted by Crippen LogP contribution is -2.33. The highest BCUT2D eigenvalue weighted by Crippen LogP contribution is 2.28.